The van der Waals surface area contributed by atoms with Crippen molar-refractivity contribution in [2.45, 2.75) is 19.3 Å². The fraction of sp³-hybridized carbons (Fsp3) is 0.467. The van der Waals surface area contributed by atoms with E-state index in [2.05, 4.69) is 29.5 Å². The second kappa shape index (κ2) is 7.95. The Balaban J connectivity index is 1.71. The highest BCUT2D eigenvalue weighted by molar-refractivity contribution is 7.13. The number of aromatic nitrogens is 1. The molecule has 0 fully saturated rings. The van der Waals surface area contributed by atoms with Crippen LogP contribution in [-0.2, 0) is 0 Å². The first-order chi connectivity index (χ1) is 10.2. The van der Waals surface area contributed by atoms with Crippen molar-refractivity contribution >= 4 is 17.2 Å². The van der Waals surface area contributed by atoms with Crippen molar-refractivity contribution in [1.29, 1.82) is 0 Å². The summed E-state index contributed by atoms with van der Waals surface area (Å²) in [7, 11) is 4.13. The van der Waals surface area contributed by atoms with E-state index >= 15 is 0 Å². The van der Waals surface area contributed by atoms with Crippen LogP contribution in [0, 0.1) is 0 Å². The fourth-order valence-corrected chi connectivity index (χ4v) is 2.62. The zero-order chi connectivity index (χ0) is 15.1. The molecule has 0 saturated heterocycles. The molecule has 0 aliphatic heterocycles. The molecule has 2 rings (SSSR count). The van der Waals surface area contributed by atoms with Crippen LogP contribution in [-0.4, -0.2) is 43.1 Å². The van der Waals surface area contributed by atoms with Crippen molar-refractivity contribution in [3.05, 3.63) is 29.3 Å². The predicted octanol–water partition coefficient (Wildman–Crippen LogP) is 2.86. The minimum atomic E-state index is -0.196. The maximum absolute atomic E-state index is 11.9. The molecule has 0 atom stereocenters. The predicted molar refractivity (Wildman–Crippen MR) is 84.6 cm³/mol. The van der Waals surface area contributed by atoms with Crippen LogP contribution in [0.25, 0.3) is 10.6 Å². The fourth-order valence-electron chi connectivity index (χ4n) is 1.94. The van der Waals surface area contributed by atoms with Crippen LogP contribution < -0.4 is 5.32 Å². The molecule has 0 aliphatic rings. The highest BCUT2D eigenvalue weighted by Gasteiger charge is 2.13. The number of carbonyl (C=O) groups is 1. The Kier molecular flexibility index (Phi) is 5.95. The van der Waals surface area contributed by atoms with Crippen molar-refractivity contribution < 1.29 is 9.32 Å². The average Bonchev–Trinajstić information content (AvgIpc) is 3.11. The summed E-state index contributed by atoms with van der Waals surface area (Å²) in [5, 5.41) is 8.76. The first-order valence-corrected chi connectivity index (χ1v) is 7.98. The Morgan fingerprint density at radius 3 is 2.95 bits per heavy atom. The Hall–Kier alpha value is -1.66. The molecule has 0 aromatic carbocycles. The van der Waals surface area contributed by atoms with Gasteiger partial charge in [-0.25, -0.2) is 0 Å². The van der Waals surface area contributed by atoms with Gasteiger partial charge in [-0.3, -0.25) is 4.79 Å². The van der Waals surface area contributed by atoms with E-state index in [0.717, 1.165) is 30.7 Å². The Morgan fingerprint density at radius 1 is 1.38 bits per heavy atom. The van der Waals surface area contributed by atoms with Crippen molar-refractivity contribution in [3.8, 4) is 10.6 Å². The van der Waals surface area contributed by atoms with Gasteiger partial charge in [0.1, 0.15) is 5.69 Å². The number of nitrogens with zero attached hydrogens (tertiary/aromatic N) is 2. The molecular formula is C15H21N3O2S. The largest absolute Gasteiger partial charge is 0.350 e. The molecule has 0 radical (unpaired) electrons. The molecule has 0 bridgehead atoms. The summed E-state index contributed by atoms with van der Waals surface area (Å²) in [4.78, 5) is 15.1. The summed E-state index contributed by atoms with van der Waals surface area (Å²) in [6.45, 7) is 1.75. The lowest BCUT2D eigenvalue weighted by Crippen LogP contribution is -2.24. The van der Waals surface area contributed by atoms with E-state index < -0.39 is 0 Å². The Bertz CT molecular complexity index is 549. The standard InChI is InChI=1S/C15H21N3O2S/c1-18(2)9-5-3-4-8-16-15(19)13-11-12(17-20-13)14-7-6-10-21-14/h6-7,10-11H,3-5,8-9H2,1-2H3,(H,16,19). The van der Waals surface area contributed by atoms with Gasteiger partial charge in [0, 0.05) is 12.6 Å². The minimum Gasteiger partial charge on any atom is -0.350 e. The lowest BCUT2D eigenvalue weighted by atomic mass is 10.2. The summed E-state index contributed by atoms with van der Waals surface area (Å²) in [6.07, 6.45) is 3.23. The number of rotatable bonds is 8. The number of unbranched alkanes of at least 4 members (excludes halogenated alkanes) is 2. The van der Waals surface area contributed by atoms with Gasteiger partial charge in [0.2, 0.25) is 5.76 Å². The maximum atomic E-state index is 11.9. The smallest absolute Gasteiger partial charge is 0.289 e. The Labute approximate surface area is 128 Å². The molecule has 0 saturated carbocycles. The van der Waals surface area contributed by atoms with Crippen molar-refractivity contribution in [2.24, 2.45) is 0 Å². The quantitative estimate of drug-likeness (QED) is 0.762. The number of carbonyl (C=O) groups excluding carboxylic acids is 1. The van der Waals surface area contributed by atoms with Crippen molar-refractivity contribution in [1.82, 2.24) is 15.4 Å². The molecule has 6 heteroatoms. The molecular weight excluding hydrogens is 286 g/mol. The lowest BCUT2D eigenvalue weighted by molar-refractivity contribution is 0.0916. The third-order valence-electron chi connectivity index (χ3n) is 3.08. The third-order valence-corrected chi connectivity index (χ3v) is 3.97. The van der Waals surface area contributed by atoms with Crippen LogP contribution in [0.1, 0.15) is 29.8 Å². The van der Waals surface area contributed by atoms with Gasteiger partial charge in [0.25, 0.3) is 5.91 Å². The monoisotopic (exact) mass is 307 g/mol. The number of thiophene rings is 1. The van der Waals surface area contributed by atoms with Gasteiger partial charge in [-0.05, 0) is 44.9 Å². The van der Waals surface area contributed by atoms with Crippen molar-refractivity contribution in [3.63, 3.8) is 0 Å². The third kappa shape index (κ3) is 4.99. The summed E-state index contributed by atoms with van der Waals surface area (Å²) in [5.41, 5.74) is 0.709. The Morgan fingerprint density at radius 2 is 2.24 bits per heavy atom. The highest BCUT2D eigenvalue weighted by atomic mass is 32.1. The van der Waals surface area contributed by atoms with Gasteiger partial charge in [0.15, 0.2) is 0 Å². The van der Waals surface area contributed by atoms with E-state index in [1.165, 1.54) is 0 Å². The number of hydrogen-bond donors (Lipinski definition) is 1. The second-order valence-electron chi connectivity index (χ2n) is 5.17. The molecule has 2 heterocycles. The first kappa shape index (κ1) is 15.7. The average molecular weight is 307 g/mol. The molecule has 21 heavy (non-hydrogen) atoms. The van der Waals surface area contributed by atoms with Gasteiger partial charge in [-0.2, -0.15) is 0 Å². The summed E-state index contributed by atoms with van der Waals surface area (Å²) in [6, 6.07) is 5.59. The van der Waals surface area contributed by atoms with Gasteiger partial charge < -0.3 is 14.7 Å². The summed E-state index contributed by atoms with van der Waals surface area (Å²) >= 11 is 1.57. The molecule has 0 aliphatic carbocycles. The molecule has 114 valence electrons. The van der Waals surface area contributed by atoms with Crippen LogP contribution in [0.5, 0.6) is 0 Å². The van der Waals surface area contributed by atoms with Crippen LogP contribution in [0.4, 0.5) is 0 Å². The van der Waals surface area contributed by atoms with Crippen LogP contribution in [0.2, 0.25) is 0 Å². The van der Waals surface area contributed by atoms with Crippen LogP contribution in [0.15, 0.2) is 28.1 Å². The van der Waals surface area contributed by atoms with E-state index in [1.807, 2.05) is 17.5 Å². The zero-order valence-electron chi connectivity index (χ0n) is 12.5. The number of nitrogens with one attached hydrogen (secondary N) is 1. The van der Waals surface area contributed by atoms with E-state index in [9.17, 15) is 4.79 Å². The highest BCUT2D eigenvalue weighted by Crippen LogP contribution is 2.23. The molecule has 5 nitrogen and oxygen atoms in total. The minimum absolute atomic E-state index is 0.196. The lowest BCUT2D eigenvalue weighted by Gasteiger charge is -2.08. The molecule has 1 N–H and O–H groups in total. The van der Waals surface area contributed by atoms with Gasteiger partial charge >= 0.3 is 0 Å². The number of hydrogen-bond acceptors (Lipinski definition) is 5. The molecule has 2 aromatic heterocycles. The van der Waals surface area contributed by atoms with Crippen molar-refractivity contribution in [2.75, 3.05) is 27.2 Å². The second-order valence-corrected chi connectivity index (χ2v) is 6.12. The topological polar surface area (TPSA) is 58.4 Å². The SMILES string of the molecule is CN(C)CCCCCNC(=O)c1cc(-c2cccs2)no1. The molecule has 0 unspecified atom stereocenters. The van der Waals surface area contributed by atoms with Gasteiger partial charge in [0.05, 0.1) is 4.88 Å². The van der Waals surface area contributed by atoms with Gasteiger partial charge in [-0.1, -0.05) is 17.6 Å². The summed E-state index contributed by atoms with van der Waals surface area (Å²) in [5.74, 6) is 0.0737. The van der Waals surface area contributed by atoms with E-state index in [4.69, 9.17) is 4.52 Å². The number of amides is 1. The van der Waals surface area contributed by atoms with E-state index in [0.29, 0.717) is 12.2 Å². The van der Waals surface area contributed by atoms with Crippen LogP contribution in [0.3, 0.4) is 0 Å². The first-order valence-electron chi connectivity index (χ1n) is 7.10. The normalized spacial score (nSPS) is 11.0. The van der Waals surface area contributed by atoms with Gasteiger partial charge in [-0.15, -0.1) is 11.3 Å². The molecule has 1 amide bonds. The van der Waals surface area contributed by atoms with Crippen LogP contribution >= 0.6 is 11.3 Å². The van der Waals surface area contributed by atoms with E-state index in [1.54, 1.807) is 17.4 Å². The molecule has 2 aromatic rings. The molecule has 0 spiro atoms. The maximum Gasteiger partial charge on any atom is 0.289 e. The zero-order valence-corrected chi connectivity index (χ0v) is 13.3. The summed E-state index contributed by atoms with van der Waals surface area (Å²) < 4.78 is 5.10. The van der Waals surface area contributed by atoms with E-state index in [-0.39, 0.29) is 11.7 Å².